The van der Waals surface area contributed by atoms with Crippen molar-refractivity contribution in [2.45, 2.75) is 0 Å². The maximum atomic E-state index is 12.0. The van der Waals surface area contributed by atoms with E-state index in [1.54, 1.807) is 24.3 Å². The van der Waals surface area contributed by atoms with Crippen molar-refractivity contribution >= 4 is 18.0 Å². The second kappa shape index (κ2) is 9.16. The first-order valence-electron chi connectivity index (χ1n) is 7.35. The second-order valence-corrected chi connectivity index (χ2v) is 4.86. The number of aliphatic hydroxyl groups is 1. The topological polar surface area (TPSA) is 120 Å². The zero-order valence-electron chi connectivity index (χ0n) is 13.2. The van der Waals surface area contributed by atoms with E-state index in [4.69, 9.17) is 15.1 Å². The zero-order valence-corrected chi connectivity index (χ0v) is 13.2. The van der Waals surface area contributed by atoms with E-state index in [0.717, 1.165) is 0 Å². The van der Waals surface area contributed by atoms with Gasteiger partial charge in [0.15, 0.2) is 0 Å². The van der Waals surface area contributed by atoms with Crippen LogP contribution in [-0.2, 0) is 0 Å². The van der Waals surface area contributed by atoms with E-state index in [0.29, 0.717) is 16.9 Å². The van der Waals surface area contributed by atoms with E-state index >= 15 is 0 Å². The zero-order chi connectivity index (χ0) is 18.1. The largest absolute Gasteiger partial charge is 0.491 e. The van der Waals surface area contributed by atoms with Crippen LogP contribution in [0.2, 0.25) is 0 Å². The Morgan fingerprint density at radius 1 is 1.08 bits per heavy atom. The summed E-state index contributed by atoms with van der Waals surface area (Å²) in [4.78, 5) is 23.2. The molecule has 0 bridgehead atoms. The molecule has 0 spiro atoms. The molecule has 0 aromatic heterocycles. The third-order valence-corrected chi connectivity index (χ3v) is 3.11. The summed E-state index contributed by atoms with van der Waals surface area (Å²) in [7, 11) is 0. The SMILES string of the molecule is O=C(NO)c1ccc(C(=O)N/N=C/c2cccc(OCCO)c2)cc1. The van der Waals surface area contributed by atoms with Crippen LogP contribution < -0.4 is 15.6 Å². The molecule has 0 fully saturated rings. The molecule has 0 aliphatic carbocycles. The number of hydroxylamine groups is 1. The van der Waals surface area contributed by atoms with Gasteiger partial charge in [0, 0.05) is 11.1 Å². The average Bonchev–Trinajstić information content (AvgIpc) is 2.66. The van der Waals surface area contributed by atoms with E-state index in [1.165, 1.54) is 36.0 Å². The molecule has 0 aliphatic heterocycles. The van der Waals surface area contributed by atoms with E-state index in [9.17, 15) is 9.59 Å². The van der Waals surface area contributed by atoms with Crippen molar-refractivity contribution in [1.29, 1.82) is 0 Å². The van der Waals surface area contributed by atoms with Gasteiger partial charge >= 0.3 is 0 Å². The predicted molar refractivity (Wildman–Crippen MR) is 89.8 cm³/mol. The molecule has 0 saturated carbocycles. The number of hydrogen-bond donors (Lipinski definition) is 4. The maximum absolute atomic E-state index is 12.0. The molecule has 2 aromatic rings. The summed E-state index contributed by atoms with van der Waals surface area (Å²) >= 11 is 0. The Bertz CT molecular complexity index is 759. The van der Waals surface area contributed by atoms with Crippen LogP contribution in [0.3, 0.4) is 0 Å². The Balaban J connectivity index is 1.95. The van der Waals surface area contributed by atoms with Gasteiger partial charge in [0.2, 0.25) is 0 Å². The summed E-state index contributed by atoms with van der Waals surface area (Å²) in [5, 5.41) is 21.1. The fourth-order valence-corrected chi connectivity index (χ4v) is 1.92. The van der Waals surface area contributed by atoms with Crippen molar-refractivity contribution in [2.24, 2.45) is 5.10 Å². The molecule has 8 nitrogen and oxygen atoms in total. The fourth-order valence-electron chi connectivity index (χ4n) is 1.92. The minimum Gasteiger partial charge on any atom is -0.491 e. The number of hydrazone groups is 1. The third-order valence-electron chi connectivity index (χ3n) is 3.11. The quantitative estimate of drug-likeness (QED) is 0.339. The Kier molecular flexibility index (Phi) is 6.64. The number of rotatable bonds is 7. The van der Waals surface area contributed by atoms with Gasteiger partial charge in [-0.15, -0.1) is 0 Å². The van der Waals surface area contributed by atoms with E-state index in [1.807, 2.05) is 0 Å². The van der Waals surface area contributed by atoms with Gasteiger partial charge in [-0.1, -0.05) is 12.1 Å². The Morgan fingerprint density at radius 3 is 2.40 bits per heavy atom. The van der Waals surface area contributed by atoms with E-state index in [-0.39, 0.29) is 18.8 Å². The number of carbonyl (C=O) groups is 2. The fraction of sp³-hybridized carbons (Fsp3) is 0.118. The predicted octanol–water partition coefficient (Wildman–Crippen LogP) is 0.941. The Morgan fingerprint density at radius 2 is 1.76 bits per heavy atom. The normalized spacial score (nSPS) is 10.5. The standard InChI is InChI=1S/C17H17N3O5/c21-8-9-25-15-3-1-2-12(10-15)11-18-19-16(22)13-4-6-14(7-5-13)17(23)20-24/h1-7,10-11,21,24H,8-9H2,(H,19,22)(H,20,23)/b18-11+. The van der Waals surface area contributed by atoms with Crippen molar-refractivity contribution in [1.82, 2.24) is 10.9 Å². The van der Waals surface area contributed by atoms with Crippen molar-refractivity contribution in [3.8, 4) is 5.75 Å². The highest BCUT2D eigenvalue weighted by Gasteiger charge is 2.07. The van der Waals surface area contributed by atoms with Gasteiger partial charge in [-0.05, 0) is 42.0 Å². The number of nitrogens with one attached hydrogen (secondary N) is 2. The molecule has 0 aliphatic rings. The molecule has 4 N–H and O–H groups in total. The third kappa shape index (κ3) is 5.41. The molecule has 0 saturated heterocycles. The highest BCUT2D eigenvalue weighted by Crippen LogP contribution is 2.11. The van der Waals surface area contributed by atoms with Crippen LogP contribution in [0.5, 0.6) is 5.75 Å². The van der Waals surface area contributed by atoms with Crippen LogP contribution in [0.1, 0.15) is 26.3 Å². The minimum absolute atomic E-state index is 0.0763. The van der Waals surface area contributed by atoms with Gasteiger partial charge in [-0.3, -0.25) is 14.8 Å². The van der Waals surface area contributed by atoms with Crippen LogP contribution >= 0.6 is 0 Å². The summed E-state index contributed by atoms with van der Waals surface area (Å²) in [5.41, 5.74) is 5.13. The summed E-state index contributed by atoms with van der Waals surface area (Å²) < 4.78 is 5.28. The minimum atomic E-state index is -0.659. The molecule has 2 aromatic carbocycles. The lowest BCUT2D eigenvalue weighted by molar-refractivity contribution is 0.0706. The summed E-state index contributed by atoms with van der Waals surface area (Å²) in [6.45, 7) is 0.120. The van der Waals surface area contributed by atoms with Crippen molar-refractivity contribution in [3.63, 3.8) is 0 Å². The first kappa shape index (κ1) is 18.1. The van der Waals surface area contributed by atoms with Gasteiger partial charge in [-0.2, -0.15) is 5.10 Å². The molecule has 0 heterocycles. The molecule has 130 valence electrons. The van der Waals surface area contributed by atoms with Crippen molar-refractivity contribution in [2.75, 3.05) is 13.2 Å². The highest BCUT2D eigenvalue weighted by atomic mass is 16.5. The lowest BCUT2D eigenvalue weighted by Gasteiger charge is -2.04. The second-order valence-electron chi connectivity index (χ2n) is 4.86. The van der Waals surface area contributed by atoms with Crippen LogP contribution in [0.15, 0.2) is 53.6 Å². The van der Waals surface area contributed by atoms with Gasteiger partial charge in [0.05, 0.1) is 12.8 Å². The number of benzene rings is 2. The Labute approximate surface area is 143 Å². The summed E-state index contributed by atoms with van der Waals surface area (Å²) in [6, 6.07) is 12.7. The van der Waals surface area contributed by atoms with Crippen LogP contribution in [-0.4, -0.2) is 41.6 Å². The summed E-state index contributed by atoms with van der Waals surface area (Å²) in [5.74, 6) is -0.518. The monoisotopic (exact) mass is 343 g/mol. The highest BCUT2D eigenvalue weighted by molar-refractivity contribution is 5.97. The first-order chi connectivity index (χ1) is 12.1. The number of ether oxygens (including phenoxy) is 1. The average molecular weight is 343 g/mol. The summed E-state index contributed by atoms with van der Waals surface area (Å²) in [6.07, 6.45) is 1.46. The molecule has 2 amide bonds. The van der Waals surface area contributed by atoms with Crippen LogP contribution in [0.4, 0.5) is 0 Å². The molecule has 0 unspecified atom stereocenters. The smallest absolute Gasteiger partial charge is 0.274 e. The van der Waals surface area contributed by atoms with Crippen LogP contribution in [0.25, 0.3) is 0 Å². The molecule has 0 radical (unpaired) electrons. The number of nitrogens with zero attached hydrogens (tertiary/aromatic N) is 1. The van der Waals surface area contributed by atoms with Gasteiger partial charge in [0.25, 0.3) is 11.8 Å². The number of amides is 2. The molecule has 2 rings (SSSR count). The van der Waals surface area contributed by atoms with Gasteiger partial charge < -0.3 is 9.84 Å². The van der Waals surface area contributed by atoms with Crippen molar-refractivity contribution < 1.29 is 24.6 Å². The van der Waals surface area contributed by atoms with E-state index < -0.39 is 11.8 Å². The van der Waals surface area contributed by atoms with Gasteiger partial charge in [0.1, 0.15) is 12.4 Å². The molecular weight excluding hydrogens is 326 g/mol. The lowest BCUT2D eigenvalue weighted by Crippen LogP contribution is -2.20. The maximum Gasteiger partial charge on any atom is 0.274 e. The lowest BCUT2D eigenvalue weighted by atomic mass is 10.1. The number of aliphatic hydroxyl groups excluding tert-OH is 1. The van der Waals surface area contributed by atoms with Crippen molar-refractivity contribution in [3.05, 3.63) is 65.2 Å². The molecule has 25 heavy (non-hydrogen) atoms. The molecule has 8 heteroatoms. The number of carbonyl (C=O) groups excluding carboxylic acids is 2. The van der Waals surface area contributed by atoms with Gasteiger partial charge in [-0.25, -0.2) is 10.9 Å². The Hall–Kier alpha value is -3.23. The van der Waals surface area contributed by atoms with Crippen LogP contribution in [0, 0.1) is 0 Å². The molecule has 0 atom stereocenters. The number of hydrogen-bond acceptors (Lipinski definition) is 6. The molecular formula is C17H17N3O5. The first-order valence-corrected chi connectivity index (χ1v) is 7.35. The van der Waals surface area contributed by atoms with E-state index in [2.05, 4.69) is 10.5 Å².